The highest BCUT2D eigenvalue weighted by atomic mass is 16.7. The SMILES string of the molecule is Cc1ncc(CN2CC[C@]3(CCC[C@@H]3C(=O)N3CCCCO3)C2)cn1. The number of hydrogen-bond donors (Lipinski definition) is 0. The molecule has 1 aromatic heterocycles. The van der Waals surface area contributed by atoms with Gasteiger partial charge in [-0.25, -0.2) is 15.0 Å². The van der Waals surface area contributed by atoms with Gasteiger partial charge in [0.05, 0.1) is 6.61 Å². The molecule has 1 amide bonds. The number of hydrogen-bond acceptors (Lipinski definition) is 5. The van der Waals surface area contributed by atoms with Gasteiger partial charge in [-0.3, -0.25) is 14.5 Å². The zero-order valence-corrected chi connectivity index (χ0v) is 15.1. The summed E-state index contributed by atoms with van der Waals surface area (Å²) in [5, 5.41) is 1.66. The zero-order chi connectivity index (χ0) is 17.3. The van der Waals surface area contributed by atoms with Crippen LogP contribution in [0.1, 0.15) is 49.9 Å². The summed E-state index contributed by atoms with van der Waals surface area (Å²) in [7, 11) is 0. The van der Waals surface area contributed by atoms with Crippen LogP contribution in [0.5, 0.6) is 0 Å². The lowest BCUT2D eigenvalue weighted by atomic mass is 9.76. The monoisotopic (exact) mass is 344 g/mol. The van der Waals surface area contributed by atoms with Crippen LogP contribution in [-0.4, -0.2) is 52.1 Å². The maximum atomic E-state index is 13.0. The summed E-state index contributed by atoms with van der Waals surface area (Å²) in [4.78, 5) is 29.7. The number of amides is 1. The van der Waals surface area contributed by atoms with Crippen LogP contribution in [0.15, 0.2) is 12.4 Å². The number of carbonyl (C=O) groups excluding carboxylic acids is 1. The molecule has 1 spiro atoms. The highest BCUT2D eigenvalue weighted by molar-refractivity contribution is 5.79. The molecule has 0 aromatic carbocycles. The minimum atomic E-state index is 0.130. The molecule has 25 heavy (non-hydrogen) atoms. The van der Waals surface area contributed by atoms with E-state index in [0.717, 1.165) is 76.1 Å². The topological polar surface area (TPSA) is 58.6 Å². The molecule has 3 aliphatic rings. The first-order valence-corrected chi connectivity index (χ1v) is 9.60. The van der Waals surface area contributed by atoms with Crippen LogP contribution in [0, 0.1) is 18.3 Å². The van der Waals surface area contributed by atoms with Crippen molar-refractivity contribution in [2.24, 2.45) is 11.3 Å². The van der Waals surface area contributed by atoms with E-state index in [4.69, 9.17) is 4.84 Å². The second kappa shape index (κ2) is 7.00. The van der Waals surface area contributed by atoms with E-state index in [0.29, 0.717) is 6.61 Å². The minimum Gasteiger partial charge on any atom is -0.298 e. The van der Waals surface area contributed by atoms with Crippen molar-refractivity contribution in [2.75, 3.05) is 26.2 Å². The molecule has 2 aliphatic heterocycles. The maximum absolute atomic E-state index is 13.0. The van der Waals surface area contributed by atoms with Crippen molar-refractivity contribution < 1.29 is 9.63 Å². The molecule has 2 saturated heterocycles. The van der Waals surface area contributed by atoms with E-state index in [-0.39, 0.29) is 17.2 Å². The Morgan fingerprint density at radius 3 is 2.84 bits per heavy atom. The van der Waals surface area contributed by atoms with Crippen molar-refractivity contribution in [1.29, 1.82) is 0 Å². The molecular formula is C19H28N4O2. The van der Waals surface area contributed by atoms with E-state index >= 15 is 0 Å². The lowest BCUT2D eigenvalue weighted by Crippen LogP contribution is -2.45. The first kappa shape index (κ1) is 16.9. The third-order valence-corrected chi connectivity index (χ3v) is 6.16. The van der Waals surface area contributed by atoms with Gasteiger partial charge >= 0.3 is 0 Å². The largest absolute Gasteiger partial charge is 0.298 e. The Morgan fingerprint density at radius 1 is 1.24 bits per heavy atom. The molecule has 2 atom stereocenters. The second-order valence-electron chi connectivity index (χ2n) is 7.89. The van der Waals surface area contributed by atoms with Crippen LogP contribution in [0.25, 0.3) is 0 Å². The van der Waals surface area contributed by atoms with Crippen molar-refractivity contribution in [1.82, 2.24) is 19.9 Å². The standard InChI is InChI=1S/C19H28N4O2/c1-15-20-11-16(12-21-15)13-22-9-7-19(14-22)6-4-5-17(19)18(24)23-8-2-3-10-25-23/h11-12,17H,2-10,13-14H2,1H3/t17-,19-/m1/s1. The Hall–Kier alpha value is -1.53. The predicted molar refractivity (Wildman–Crippen MR) is 93.3 cm³/mol. The van der Waals surface area contributed by atoms with Gasteiger partial charge in [0.25, 0.3) is 0 Å². The molecular weight excluding hydrogens is 316 g/mol. The molecule has 1 aliphatic carbocycles. The fourth-order valence-electron chi connectivity index (χ4n) is 4.84. The van der Waals surface area contributed by atoms with Crippen LogP contribution in [0.3, 0.4) is 0 Å². The normalized spacial score (nSPS) is 30.3. The summed E-state index contributed by atoms with van der Waals surface area (Å²) in [5.41, 5.74) is 1.30. The predicted octanol–water partition coefficient (Wildman–Crippen LogP) is 2.33. The third-order valence-electron chi connectivity index (χ3n) is 6.16. The van der Waals surface area contributed by atoms with E-state index in [1.54, 1.807) is 5.06 Å². The molecule has 6 heteroatoms. The summed E-state index contributed by atoms with van der Waals surface area (Å²) in [5.74, 6) is 1.17. The van der Waals surface area contributed by atoms with Gasteiger partial charge in [0.2, 0.25) is 5.91 Å². The van der Waals surface area contributed by atoms with Crippen LogP contribution < -0.4 is 0 Å². The average molecular weight is 344 g/mol. The van der Waals surface area contributed by atoms with Gasteiger partial charge in [0.15, 0.2) is 0 Å². The molecule has 1 saturated carbocycles. The van der Waals surface area contributed by atoms with Crippen LogP contribution in [0.2, 0.25) is 0 Å². The smallest absolute Gasteiger partial charge is 0.249 e. The molecule has 4 rings (SSSR count). The Kier molecular flexibility index (Phi) is 4.73. The molecule has 0 N–H and O–H groups in total. The number of likely N-dealkylation sites (tertiary alicyclic amines) is 1. The summed E-state index contributed by atoms with van der Waals surface area (Å²) >= 11 is 0. The van der Waals surface area contributed by atoms with Gasteiger partial charge in [-0.05, 0) is 51.0 Å². The zero-order valence-electron chi connectivity index (χ0n) is 15.1. The highest BCUT2D eigenvalue weighted by Crippen LogP contribution is 2.50. The van der Waals surface area contributed by atoms with Gasteiger partial charge in [0, 0.05) is 43.5 Å². The Bertz CT molecular complexity index is 614. The highest BCUT2D eigenvalue weighted by Gasteiger charge is 2.51. The van der Waals surface area contributed by atoms with Crippen molar-refractivity contribution >= 4 is 5.91 Å². The Morgan fingerprint density at radius 2 is 2.08 bits per heavy atom. The first-order valence-electron chi connectivity index (χ1n) is 9.60. The quantitative estimate of drug-likeness (QED) is 0.842. The molecule has 0 unspecified atom stereocenters. The molecule has 0 bridgehead atoms. The van der Waals surface area contributed by atoms with Crippen LogP contribution >= 0.6 is 0 Å². The van der Waals surface area contributed by atoms with E-state index in [2.05, 4.69) is 14.9 Å². The Balaban J connectivity index is 1.42. The van der Waals surface area contributed by atoms with Crippen molar-refractivity contribution in [3.05, 3.63) is 23.8 Å². The number of nitrogens with zero attached hydrogens (tertiary/aromatic N) is 4. The number of rotatable bonds is 3. The molecule has 136 valence electrons. The number of aromatic nitrogens is 2. The van der Waals surface area contributed by atoms with Gasteiger partial charge in [-0.2, -0.15) is 0 Å². The van der Waals surface area contributed by atoms with Crippen molar-refractivity contribution in [3.8, 4) is 0 Å². The van der Waals surface area contributed by atoms with E-state index in [1.807, 2.05) is 19.3 Å². The van der Waals surface area contributed by atoms with E-state index < -0.39 is 0 Å². The third kappa shape index (κ3) is 3.42. The first-order chi connectivity index (χ1) is 12.2. The van der Waals surface area contributed by atoms with Gasteiger partial charge in [-0.1, -0.05) is 6.42 Å². The fourth-order valence-corrected chi connectivity index (χ4v) is 4.84. The van der Waals surface area contributed by atoms with Crippen LogP contribution in [0.4, 0.5) is 0 Å². The fraction of sp³-hybridized carbons (Fsp3) is 0.737. The second-order valence-corrected chi connectivity index (χ2v) is 7.89. The molecule has 3 heterocycles. The number of carbonyl (C=O) groups is 1. The lowest BCUT2D eigenvalue weighted by Gasteiger charge is -2.35. The van der Waals surface area contributed by atoms with E-state index in [1.165, 1.54) is 0 Å². The molecule has 1 aromatic rings. The van der Waals surface area contributed by atoms with E-state index in [9.17, 15) is 4.79 Å². The van der Waals surface area contributed by atoms with Crippen molar-refractivity contribution in [2.45, 2.75) is 52.0 Å². The summed E-state index contributed by atoms with van der Waals surface area (Å²) in [6.45, 7) is 6.29. The van der Waals surface area contributed by atoms with Gasteiger partial charge < -0.3 is 0 Å². The molecule has 0 radical (unpaired) electrons. The van der Waals surface area contributed by atoms with Crippen LogP contribution in [-0.2, 0) is 16.2 Å². The van der Waals surface area contributed by atoms with Crippen molar-refractivity contribution in [3.63, 3.8) is 0 Å². The summed E-state index contributed by atoms with van der Waals surface area (Å²) in [6, 6.07) is 0. The molecule has 3 fully saturated rings. The summed E-state index contributed by atoms with van der Waals surface area (Å²) in [6.07, 6.45) is 10.4. The molecule has 6 nitrogen and oxygen atoms in total. The maximum Gasteiger partial charge on any atom is 0.249 e. The number of aryl methyl sites for hydroxylation is 1. The Labute approximate surface area is 149 Å². The summed E-state index contributed by atoms with van der Waals surface area (Å²) < 4.78 is 0. The van der Waals surface area contributed by atoms with Gasteiger partial charge in [0.1, 0.15) is 5.82 Å². The lowest BCUT2D eigenvalue weighted by molar-refractivity contribution is -0.204. The van der Waals surface area contributed by atoms with Gasteiger partial charge in [-0.15, -0.1) is 0 Å². The number of hydroxylamine groups is 2. The average Bonchev–Trinajstić information content (AvgIpc) is 3.24. The minimum absolute atomic E-state index is 0.130.